The van der Waals surface area contributed by atoms with Gasteiger partial charge in [0.2, 0.25) is 0 Å². The number of hydrogen-bond acceptors (Lipinski definition) is 2. The Kier molecular flexibility index (Phi) is 6.62. The van der Waals surface area contributed by atoms with Crippen molar-refractivity contribution in [2.75, 3.05) is 0 Å². The van der Waals surface area contributed by atoms with Crippen molar-refractivity contribution in [1.29, 1.82) is 0 Å². The van der Waals surface area contributed by atoms with Crippen LogP contribution >= 0.6 is 0 Å². The molecule has 2 heterocycles. The molecular weight excluding hydrogens is 359 g/mol. The molecule has 2 nitrogen and oxygen atoms in total. The second-order valence-electron chi connectivity index (χ2n) is 11.1. The predicted molar refractivity (Wildman–Crippen MR) is 121 cm³/mol. The fourth-order valence-corrected chi connectivity index (χ4v) is 3.84. The van der Waals surface area contributed by atoms with Gasteiger partial charge in [-0.2, -0.15) is 0 Å². The standard InChI is InChI=1S/C26H39FN2/c1-17(2)22-13-18(3)19(15-28-22)25(7,8)11-12-26(9,10)23-14-21(27)20(16-29-23)24(4,5)6/h13-17H,11-12H2,1-10H3. The van der Waals surface area contributed by atoms with E-state index in [4.69, 9.17) is 4.98 Å². The molecule has 0 aliphatic heterocycles. The molecule has 3 heteroatoms. The summed E-state index contributed by atoms with van der Waals surface area (Å²) >= 11 is 0. The van der Waals surface area contributed by atoms with Crippen molar-refractivity contribution in [2.45, 2.75) is 104 Å². The van der Waals surface area contributed by atoms with E-state index >= 15 is 0 Å². The maximum absolute atomic E-state index is 14.7. The Labute approximate surface area is 177 Å². The van der Waals surface area contributed by atoms with Crippen LogP contribution in [0.25, 0.3) is 0 Å². The zero-order valence-electron chi connectivity index (χ0n) is 20.1. The van der Waals surface area contributed by atoms with Crippen molar-refractivity contribution < 1.29 is 4.39 Å². The molecule has 29 heavy (non-hydrogen) atoms. The molecule has 0 bridgehead atoms. The molecule has 160 valence electrons. The maximum atomic E-state index is 14.7. The third-order valence-electron chi connectivity index (χ3n) is 6.18. The Hall–Kier alpha value is -1.77. The van der Waals surface area contributed by atoms with Crippen molar-refractivity contribution in [2.24, 2.45) is 0 Å². The molecule has 0 amide bonds. The predicted octanol–water partition coefficient (Wildman–Crippen LogP) is 7.38. The first-order valence-corrected chi connectivity index (χ1v) is 10.8. The lowest BCUT2D eigenvalue weighted by Gasteiger charge is -2.32. The quantitative estimate of drug-likeness (QED) is 0.507. The molecule has 0 saturated heterocycles. The van der Waals surface area contributed by atoms with Crippen molar-refractivity contribution in [3.05, 3.63) is 58.4 Å². The van der Waals surface area contributed by atoms with Crippen molar-refractivity contribution in [1.82, 2.24) is 9.97 Å². The van der Waals surface area contributed by atoms with E-state index in [9.17, 15) is 4.39 Å². The smallest absolute Gasteiger partial charge is 0.130 e. The Morgan fingerprint density at radius 3 is 1.86 bits per heavy atom. The van der Waals surface area contributed by atoms with Crippen LogP contribution in [0.4, 0.5) is 4.39 Å². The van der Waals surface area contributed by atoms with E-state index in [1.54, 1.807) is 12.3 Å². The molecule has 0 aromatic carbocycles. The van der Waals surface area contributed by atoms with E-state index in [1.165, 1.54) is 11.1 Å². The van der Waals surface area contributed by atoms with E-state index in [1.807, 2.05) is 27.0 Å². The first-order valence-electron chi connectivity index (χ1n) is 10.8. The monoisotopic (exact) mass is 398 g/mol. The summed E-state index contributed by atoms with van der Waals surface area (Å²) in [6.07, 6.45) is 5.67. The lowest BCUT2D eigenvalue weighted by atomic mass is 9.73. The summed E-state index contributed by atoms with van der Waals surface area (Å²) in [7, 11) is 0. The number of rotatable bonds is 6. The van der Waals surface area contributed by atoms with Crippen LogP contribution < -0.4 is 0 Å². The summed E-state index contributed by atoms with van der Waals surface area (Å²) in [5.41, 5.74) is 4.77. The fourth-order valence-electron chi connectivity index (χ4n) is 3.84. The summed E-state index contributed by atoms with van der Waals surface area (Å²) in [5, 5.41) is 0. The second-order valence-corrected chi connectivity index (χ2v) is 11.1. The van der Waals surface area contributed by atoms with Gasteiger partial charge < -0.3 is 0 Å². The molecule has 0 atom stereocenters. The van der Waals surface area contributed by atoms with E-state index in [2.05, 4.69) is 59.5 Å². The Balaban J connectivity index is 2.22. The third-order valence-corrected chi connectivity index (χ3v) is 6.18. The summed E-state index contributed by atoms with van der Waals surface area (Å²) in [6.45, 7) is 21.4. The Bertz CT molecular complexity index is 857. The Morgan fingerprint density at radius 1 is 0.828 bits per heavy atom. The third kappa shape index (κ3) is 5.43. The molecule has 2 aromatic rings. The van der Waals surface area contributed by atoms with Crippen molar-refractivity contribution in [3.63, 3.8) is 0 Å². The van der Waals surface area contributed by atoms with Gasteiger partial charge in [0.15, 0.2) is 0 Å². The molecular formula is C26H39FN2. The van der Waals surface area contributed by atoms with E-state index in [-0.39, 0.29) is 22.1 Å². The zero-order chi connectivity index (χ0) is 22.2. The van der Waals surface area contributed by atoms with Gasteiger partial charge in [-0.3, -0.25) is 9.97 Å². The molecule has 2 aromatic heterocycles. The fraction of sp³-hybridized carbons (Fsp3) is 0.615. The lowest BCUT2D eigenvalue weighted by molar-refractivity contribution is 0.365. The summed E-state index contributed by atoms with van der Waals surface area (Å²) in [4.78, 5) is 9.34. The normalized spacial score (nSPS) is 13.2. The van der Waals surface area contributed by atoms with Gasteiger partial charge in [-0.25, -0.2) is 4.39 Å². The van der Waals surface area contributed by atoms with Crippen LogP contribution in [-0.2, 0) is 16.2 Å². The average Bonchev–Trinajstić information content (AvgIpc) is 2.58. The number of aryl methyl sites for hydroxylation is 1. The minimum absolute atomic E-state index is 0.00619. The van der Waals surface area contributed by atoms with Gasteiger partial charge in [0.25, 0.3) is 0 Å². The number of aromatic nitrogens is 2. The van der Waals surface area contributed by atoms with Crippen LogP contribution in [0.5, 0.6) is 0 Å². The largest absolute Gasteiger partial charge is 0.261 e. The number of nitrogens with zero attached hydrogens (tertiary/aromatic N) is 2. The van der Waals surface area contributed by atoms with Gasteiger partial charge in [-0.05, 0) is 59.8 Å². The maximum Gasteiger partial charge on any atom is 0.130 e. The average molecular weight is 399 g/mol. The molecule has 0 fully saturated rings. The summed E-state index contributed by atoms with van der Waals surface area (Å²) in [5.74, 6) is 0.279. The highest BCUT2D eigenvalue weighted by atomic mass is 19.1. The molecule has 0 N–H and O–H groups in total. The SMILES string of the molecule is Cc1cc(C(C)C)ncc1C(C)(C)CCC(C)(C)c1cc(F)c(C(C)(C)C)cn1. The van der Waals surface area contributed by atoms with E-state index in [0.29, 0.717) is 11.5 Å². The van der Waals surface area contributed by atoms with Gasteiger partial charge in [-0.15, -0.1) is 0 Å². The molecule has 2 rings (SSSR count). The first-order chi connectivity index (χ1) is 13.1. The molecule has 0 radical (unpaired) electrons. The minimum Gasteiger partial charge on any atom is -0.261 e. The number of halogens is 1. The molecule has 0 unspecified atom stereocenters. The van der Waals surface area contributed by atoms with Crippen LogP contribution in [0.1, 0.15) is 109 Å². The van der Waals surface area contributed by atoms with Gasteiger partial charge in [0, 0.05) is 34.8 Å². The Morgan fingerprint density at radius 2 is 1.38 bits per heavy atom. The van der Waals surface area contributed by atoms with E-state index < -0.39 is 0 Å². The lowest BCUT2D eigenvalue weighted by Crippen LogP contribution is -2.26. The van der Waals surface area contributed by atoms with Crippen LogP contribution in [0.2, 0.25) is 0 Å². The highest BCUT2D eigenvalue weighted by Crippen LogP contribution is 2.37. The van der Waals surface area contributed by atoms with Gasteiger partial charge in [0.05, 0.1) is 0 Å². The first kappa shape index (κ1) is 23.5. The molecule has 0 saturated carbocycles. The summed E-state index contributed by atoms with van der Waals surface area (Å²) < 4.78 is 14.7. The topological polar surface area (TPSA) is 25.8 Å². The second kappa shape index (κ2) is 8.16. The highest BCUT2D eigenvalue weighted by Gasteiger charge is 2.30. The number of hydrogen-bond donors (Lipinski definition) is 0. The number of pyridine rings is 2. The van der Waals surface area contributed by atoms with Crippen molar-refractivity contribution in [3.8, 4) is 0 Å². The molecule has 0 aliphatic rings. The van der Waals surface area contributed by atoms with Crippen LogP contribution in [0.3, 0.4) is 0 Å². The minimum atomic E-state index is -0.242. The van der Waals surface area contributed by atoms with E-state index in [0.717, 1.165) is 24.2 Å². The highest BCUT2D eigenvalue weighted by molar-refractivity contribution is 5.33. The van der Waals surface area contributed by atoms with Crippen molar-refractivity contribution >= 4 is 0 Å². The van der Waals surface area contributed by atoms with Crippen LogP contribution in [0, 0.1) is 12.7 Å². The van der Waals surface area contributed by atoms with Gasteiger partial charge in [-0.1, -0.05) is 62.3 Å². The molecule has 0 aliphatic carbocycles. The van der Waals surface area contributed by atoms with Crippen LogP contribution in [-0.4, -0.2) is 9.97 Å². The summed E-state index contributed by atoms with van der Waals surface area (Å²) in [6, 6.07) is 3.85. The molecule has 0 spiro atoms. The van der Waals surface area contributed by atoms with Crippen LogP contribution in [0.15, 0.2) is 24.5 Å². The van der Waals surface area contributed by atoms with Gasteiger partial charge >= 0.3 is 0 Å². The zero-order valence-corrected chi connectivity index (χ0v) is 20.1. The van der Waals surface area contributed by atoms with Gasteiger partial charge in [0.1, 0.15) is 5.82 Å².